The summed E-state index contributed by atoms with van der Waals surface area (Å²) >= 11 is 0. The molecule has 0 aliphatic carbocycles. The van der Waals surface area contributed by atoms with Gasteiger partial charge in [0.1, 0.15) is 6.61 Å². The first-order valence-corrected chi connectivity index (χ1v) is 11.3. The Kier molecular flexibility index (Phi) is 8.79. The SMILES string of the molecule is CN(C)CCNC=CCS(=O)(=O)C1CCN(C(=O)OCc2ccccc2)CC1. The van der Waals surface area contributed by atoms with E-state index in [0.717, 1.165) is 18.7 Å². The number of likely N-dealkylation sites (tertiary alicyclic amines) is 1. The zero-order chi connectivity index (χ0) is 20.4. The van der Waals surface area contributed by atoms with Gasteiger partial charge in [-0.2, -0.15) is 0 Å². The largest absolute Gasteiger partial charge is 0.445 e. The predicted octanol–water partition coefficient (Wildman–Crippen LogP) is 1.87. The zero-order valence-electron chi connectivity index (χ0n) is 16.7. The second-order valence-corrected chi connectivity index (χ2v) is 9.54. The van der Waals surface area contributed by atoms with Gasteiger partial charge in [-0.15, -0.1) is 0 Å². The molecule has 0 bridgehead atoms. The van der Waals surface area contributed by atoms with Crippen LogP contribution in [-0.4, -0.2) is 75.6 Å². The Hall–Kier alpha value is -2.06. The van der Waals surface area contributed by atoms with E-state index in [0.29, 0.717) is 25.9 Å². The molecule has 0 spiro atoms. The number of nitrogens with one attached hydrogen (secondary N) is 1. The molecule has 0 atom stereocenters. The lowest BCUT2D eigenvalue weighted by molar-refractivity contribution is 0.0897. The molecule has 1 amide bonds. The van der Waals surface area contributed by atoms with Gasteiger partial charge in [-0.1, -0.05) is 36.4 Å². The third kappa shape index (κ3) is 7.52. The summed E-state index contributed by atoms with van der Waals surface area (Å²) in [5.74, 6) is 0.0189. The van der Waals surface area contributed by atoms with Crippen LogP contribution in [0.3, 0.4) is 0 Å². The molecule has 28 heavy (non-hydrogen) atoms. The van der Waals surface area contributed by atoms with Crippen molar-refractivity contribution in [2.75, 3.05) is 46.0 Å². The summed E-state index contributed by atoms with van der Waals surface area (Å²) in [4.78, 5) is 15.8. The number of hydrogen-bond donors (Lipinski definition) is 1. The minimum Gasteiger partial charge on any atom is -0.445 e. The van der Waals surface area contributed by atoms with Gasteiger partial charge in [-0.25, -0.2) is 13.2 Å². The quantitative estimate of drug-likeness (QED) is 0.628. The first-order valence-electron chi connectivity index (χ1n) is 9.59. The van der Waals surface area contributed by atoms with Crippen LogP contribution in [0.5, 0.6) is 0 Å². The Bertz CT molecular complexity index is 727. The summed E-state index contributed by atoms with van der Waals surface area (Å²) in [6.45, 7) is 2.69. The minimum atomic E-state index is -3.21. The lowest BCUT2D eigenvalue weighted by Crippen LogP contribution is -2.43. The van der Waals surface area contributed by atoms with Gasteiger partial charge in [-0.3, -0.25) is 0 Å². The van der Waals surface area contributed by atoms with Crippen LogP contribution in [0.4, 0.5) is 4.79 Å². The average Bonchev–Trinajstić information content (AvgIpc) is 2.69. The van der Waals surface area contributed by atoms with Crippen molar-refractivity contribution in [2.45, 2.75) is 24.7 Å². The third-order valence-electron chi connectivity index (χ3n) is 4.68. The van der Waals surface area contributed by atoms with E-state index in [1.807, 2.05) is 44.4 Å². The van der Waals surface area contributed by atoms with E-state index >= 15 is 0 Å². The number of rotatable bonds is 9. The minimum absolute atomic E-state index is 0.0189. The number of likely N-dealkylation sites (N-methyl/N-ethyl adjacent to an activating group) is 1. The first-order chi connectivity index (χ1) is 13.4. The van der Waals surface area contributed by atoms with Crippen LogP contribution in [0, 0.1) is 0 Å². The molecule has 8 heteroatoms. The van der Waals surface area contributed by atoms with Crippen molar-refractivity contribution in [3.63, 3.8) is 0 Å². The van der Waals surface area contributed by atoms with Crippen LogP contribution in [-0.2, 0) is 21.2 Å². The van der Waals surface area contributed by atoms with Gasteiger partial charge in [0, 0.05) is 26.2 Å². The van der Waals surface area contributed by atoms with Crippen molar-refractivity contribution in [1.82, 2.24) is 15.1 Å². The van der Waals surface area contributed by atoms with Gasteiger partial charge in [-0.05, 0) is 38.7 Å². The summed E-state index contributed by atoms with van der Waals surface area (Å²) in [6, 6.07) is 9.49. The molecule has 0 radical (unpaired) electrons. The second kappa shape index (κ2) is 11.1. The van der Waals surface area contributed by atoms with Gasteiger partial charge < -0.3 is 19.9 Å². The van der Waals surface area contributed by atoms with Crippen LogP contribution in [0.15, 0.2) is 42.6 Å². The van der Waals surface area contributed by atoms with Crippen molar-refractivity contribution in [2.24, 2.45) is 0 Å². The fourth-order valence-electron chi connectivity index (χ4n) is 2.98. The highest BCUT2D eigenvalue weighted by Crippen LogP contribution is 2.19. The molecule has 0 saturated carbocycles. The normalized spacial score (nSPS) is 15.9. The van der Waals surface area contributed by atoms with E-state index in [1.54, 1.807) is 17.2 Å². The van der Waals surface area contributed by atoms with Crippen LogP contribution in [0.25, 0.3) is 0 Å². The fourth-order valence-corrected chi connectivity index (χ4v) is 4.55. The molecule has 1 aliphatic heterocycles. The lowest BCUT2D eigenvalue weighted by Gasteiger charge is -2.30. The molecule has 1 aliphatic rings. The summed E-state index contributed by atoms with van der Waals surface area (Å²) in [5, 5.41) is 2.68. The van der Waals surface area contributed by atoms with Crippen molar-refractivity contribution in [3.05, 3.63) is 48.2 Å². The number of amides is 1. The molecule has 1 aromatic rings. The maximum Gasteiger partial charge on any atom is 0.410 e. The Balaban J connectivity index is 1.71. The Morgan fingerprint density at radius 1 is 1.25 bits per heavy atom. The molecule has 1 heterocycles. The maximum absolute atomic E-state index is 12.5. The Morgan fingerprint density at radius 2 is 1.93 bits per heavy atom. The van der Waals surface area contributed by atoms with E-state index in [2.05, 4.69) is 10.2 Å². The maximum atomic E-state index is 12.5. The summed E-state index contributed by atoms with van der Waals surface area (Å²) in [5.41, 5.74) is 0.930. The molecule has 2 rings (SSSR count). The standard InChI is InChI=1S/C20H31N3O4S/c1-22(2)15-12-21-11-6-16-28(25,26)19-9-13-23(14-10-19)20(24)27-17-18-7-4-3-5-8-18/h3-8,11,19,21H,9-10,12-17H2,1-2H3. The van der Waals surface area contributed by atoms with Crippen molar-refractivity contribution >= 4 is 15.9 Å². The Morgan fingerprint density at radius 3 is 2.57 bits per heavy atom. The number of hydrogen-bond acceptors (Lipinski definition) is 6. The first kappa shape index (κ1) is 22.2. The number of sulfone groups is 1. The molecule has 1 N–H and O–H groups in total. The van der Waals surface area contributed by atoms with Gasteiger partial charge in [0.25, 0.3) is 0 Å². The number of piperidine rings is 1. The highest BCUT2D eigenvalue weighted by molar-refractivity contribution is 7.92. The van der Waals surface area contributed by atoms with Gasteiger partial charge in [0.15, 0.2) is 9.84 Å². The number of benzene rings is 1. The van der Waals surface area contributed by atoms with Gasteiger partial charge in [0.2, 0.25) is 0 Å². The second-order valence-electron chi connectivity index (χ2n) is 7.22. The van der Waals surface area contributed by atoms with Crippen LogP contribution in [0.2, 0.25) is 0 Å². The number of nitrogens with zero attached hydrogens (tertiary/aromatic N) is 2. The predicted molar refractivity (Wildman–Crippen MR) is 111 cm³/mol. The summed E-state index contributed by atoms with van der Waals surface area (Å²) in [7, 11) is 0.764. The van der Waals surface area contributed by atoms with E-state index in [1.165, 1.54) is 0 Å². The zero-order valence-corrected chi connectivity index (χ0v) is 17.5. The molecule has 0 unspecified atom stereocenters. The van der Waals surface area contributed by atoms with Crippen LogP contribution < -0.4 is 5.32 Å². The monoisotopic (exact) mass is 409 g/mol. The van der Waals surface area contributed by atoms with E-state index in [4.69, 9.17) is 4.74 Å². The average molecular weight is 410 g/mol. The molecule has 0 aromatic heterocycles. The van der Waals surface area contributed by atoms with Gasteiger partial charge in [0.05, 0.1) is 11.0 Å². The highest BCUT2D eigenvalue weighted by atomic mass is 32.2. The number of carbonyl (C=O) groups excluding carboxylic acids is 1. The number of ether oxygens (including phenoxy) is 1. The van der Waals surface area contributed by atoms with Crippen molar-refractivity contribution < 1.29 is 17.9 Å². The molecule has 1 fully saturated rings. The number of carbonyl (C=O) groups is 1. The topological polar surface area (TPSA) is 79.0 Å². The molecule has 7 nitrogen and oxygen atoms in total. The molecule has 156 valence electrons. The van der Waals surface area contributed by atoms with E-state index in [9.17, 15) is 13.2 Å². The fraction of sp³-hybridized carbons (Fsp3) is 0.550. The van der Waals surface area contributed by atoms with E-state index in [-0.39, 0.29) is 18.5 Å². The summed E-state index contributed by atoms with van der Waals surface area (Å²) in [6.07, 6.45) is 3.88. The van der Waals surface area contributed by atoms with Crippen molar-refractivity contribution in [1.29, 1.82) is 0 Å². The Labute approximate surface area is 168 Å². The third-order valence-corrected chi connectivity index (χ3v) is 6.82. The molecule has 1 saturated heterocycles. The smallest absolute Gasteiger partial charge is 0.410 e. The lowest BCUT2D eigenvalue weighted by atomic mass is 10.1. The summed E-state index contributed by atoms with van der Waals surface area (Å²) < 4.78 is 30.3. The van der Waals surface area contributed by atoms with Crippen molar-refractivity contribution in [3.8, 4) is 0 Å². The molecular weight excluding hydrogens is 378 g/mol. The highest BCUT2D eigenvalue weighted by Gasteiger charge is 2.31. The van der Waals surface area contributed by atoms with Crippen LogP contribution >= 0.6 is 0 Å². The molecule has 1 aromatic carbocycles. The molecular formula is C20H31N3O4S. The van der Waals surface area contributed by atoms with E-state index < -0.39 is 15.1 Å². The van der Waals surface area contributed by atoms with Crippen LogP contribution in [0.1, 0.15) is 18.4 Å². The van der Waals surface area contributed by atoms with Gasteiger partial charge >= 0.3 is 6.09 Å².